The summed E-state index contributed by atoms with van der Waals surface area (Å²) in [6.07, 6.45) is 0. The topological polar surface area (TPSA) is 92.5 Å². The van der Waals surface area contributed by atoms with Gasteiger partial charge >= 0.3 is 5.97 Å². The van der Waals surface area contributed by atoms with Crippen LogP contribution in [0.25, 0.3) is 0 Å². The molecule has 1 heterocycles. The van der Waals surface area contributed by atoms with E-state index in [2.05, 4.69) is 5.10 Å². The predicted octanol–water partition coefficient (Wildman–Crippen LogP) is 1.08. The van der Waals surface area contributed by atoms with Gasteiger partial charge in [0.15, 0.2) is 0 Å². The smallest absolute Gasteiger partial charge is 0.308 e. The zero-order valence-electron chi connectivity index (χ0n) is 13.5. The van der Waals surface area contributed by atoms with Crippen molar-refractivity contribution in [2.45, 2.75) is 13.5 Å². The maximum atomic E-state index is 12.4. The van der Waals surface area contributed by atoms with Crippen LogP contribution in [0.3, 0.4) is 0 Å². The largest absolute Gasteiger partial charge is 0.481 e. The number of nitrogens with zero attached hydrogens (tertiary/aromatic N) is 3. The second-order valence-electron chi connectivity index (χ2n) is 5.63. The molecule has 0 bridgehead atoms. The summed E-state index contributed by atoms with van der Waals surface area (Å²) in [6, 6.07) is 12.0. The van der Waals surface area contributed by atoms with Crippen LogP contribution in [0, 0.1) is 5.92 Å². The summed E-state index contributed by atoms with van der Waals surface area (Å²) >= 11 is 0. The molecule has 0 fully saturated rings. The molecule has 1 amide bonds. The van der Waals surface area contributed by atoms with Crippen molar-refractivity contribution < 1.29 is 14.7 Å². The maximum absolute atomic E-state index is 12.4. The summed E-state index contributed by atoms with van der Waals surface area (Å²) in [5.74, 6) is -2.09. The van der Waals surface area contributed by atoms with Crippen molar-refractivity contribution >= 4 is 11.9 Å². The first kappa shape index (κ1) is 17.4. The van der Waals surface area contributed by atoms with E-state index in [4.69, 9.17) is 5.11 Å². The minimum Gasteiger partial charge on any atom is -0.481 e. The first-order valence-corrected chi connectivity index (χ1v) is 7.49. The highest BCUT2D eigenvalue weighted by Gasteiger charge is 2.20. The second kappa shape index (κ2) is 7.54. The van der Waals surface area contributed by atoms with Gasteiger partial charge in [0.2, 0.25) is 0 Å². The average Bonchev–Trinajstić information content (AvgIpc) is 2.57. The van der Waals surface area contributed by atoms with Gasteiger partial charge in [-0.25, -0.2) is 4.68 Å². The Morgan fingerprint density at radius 1 is 1.21 bits per heavy atom. The van der Waals surface area contributed by atoms with Crippen molar-refractivity contribution in [3.05, 3.63) is 64.1 Å². The number of carbonyl (C=O) groups is 2. The molecule has 1 N–H and O–H groups in total. The molecule has 1 unspecified atom stereocenters. The molecule has 1 aromatic heterocycles. The van der Waals surface area contributed by atoms with Gasteiger partial charge in [-0.2, -0.15) is 5.10 Å². The first-order valence-electron chi connectivity index (χ1n) is 7.49. The van der Waals surface area contributed by atoms with Crippen LogP contribution in [-0.2, 0) is 11.3 Å². The van der Waals surface area contributed by atoms with Crippen LogP contribution in [0.15, 0.2) is 47.3 Å². The van der Waals surface area contributed by atoms with Crippen LogP contribution < -0.4 is 5.56 Å². The van der Waals surface area contributed by atoms with Gasteiger partial charge < -0.3 is 10.0 Å². The molecule has 1 aromatic carbocycles. The van der Waals surface area contributed by atoms with Gasteiger partial charge in [0, 0.05) is 19.7 Å². The lowest BCUT2D eigenvalue weighted by molar-refractivity contribution is -0.141. The second-order valence-corrected chi connectivity index (χ2v) is 5.63. The molecule has 24 heavy (non-hydrogen) atoms. The van der Waals surface area contributed by atoms with Crippen LogP contribution in [0.5, 0.6) is 0 Å². The Kier molecular flexibility index (Phi) is 5.47. The number of aliphatic carboxylic acids is 1. The van der Waals surface area contributed by atoms with Gasteiger partial charge in [-0.05, 0) is 11.6 Å². The summed E-state index contributed by atoms with van der Waals surface area (Å²) in [5, 5.41) is 13.0. The van der Waals surface area contributed by atoms with Gasteiger partial charge in [0.05, 0.1) is 12.5 Å². The summed E-state index contributed by atoms with van der Waals surface area (Å²) < 4.78 is 1.22. The van der Waals surface area contributed by atoms with Crippen LogP contribution >= 0.6 is 0 Å². The molecule has 0 radical (unpaired) electrons. The van der Waals surface area contributed by atoms with Gasteiger partial charge in [0.25, 0.3) is 11.5 Å². The van der Waals surface area contributed by atoms with E-state index in [-0.39, 0.29) is 24.3 Å². The standard InChI is InChI=1S/C17H19N3O4/c1-12(17(23)24)10-19(2)16(22)14-8-9-15(21)20(18-14)11-13-6-4-3-5-7-13/h3-9,12H,10-11H2,1-2H3,(H,23,24). The predicted molar refractivity (Wildman–Crippen MR) is 87.8 cm³/mol. The molecule has 0 aliphatic rings. The lowest BCUT2D eigenvalue weighted by atomic mass is 10.1. The molecular weight excluding hydrogens is 310 g/mol. The maximum Gasteiger partial charge on any atom is 0.308 e. The highest BCUT2D eigenvalue weighted by atomic mass is 16.4. The zero-order valence-corrected chi connectivity index (χ0v) is 13.5. The van der Waals surface area contributed by atoms with E-state index in [0.29, 0.717) is 0 Å². The fraction of sp³-hybridized carbons (Fsp3) is 0.294. The quantitative estimate of drug-likeness (QED) is 0.856. The van der Waals surface area contributed by atoms with Crippen molar-refractivity contribution in [2.75, 3.05) is 13.6 Å². The third kappa shape index (κ3) is 4.28. The van der Waals surface area contributed by atoms with E-state index < -0.39 is 17.8 Å². The number of hydrogen-bond donors (Lipinski definition) is 1. The summed E-state index contributed by atoms with van der Waals surface area (Å²) in [6.45, 7) is 1.85. The van der Waals surface area contributed by atoms with E-state index in [0.717, 1.165) is 5.56 Å². The minimum absolute atomic E-state index is 0.0632. The molecule has 2 rings (SSSR count). The van der Waals surface area contributed by atoms with Gasteiger partial charge in [-0.15, -0.1) is 0 Å². The Balaban J connectivity index is 2.19. The minimum atomic E-state index is -0.975. The Morgan fingerprint density at radius 3 is 2.50 bits per heavy atom. The van der Waals surface area contributed by atoms with Crippen molar-refractivity contribution in [1.82, 2.24) is 14.7 Å². The number of carboxylic acid groups (broad SMARTS) is 1. The third-order valence-electron chi connectivity index (χ3n) is 3.58. The number of hydrogen-bond acceptors (Lipinski definition) is 4. The Hall–Kier alpha value is -2.96. The first-order chi connectivity index (χ1) is 11.4. The highest BCUT2D eigenvalue weighted by molar-refractivity contribution is 5.92. The fourth-order valence-corrected chi connectivity index (χ4v) is 2.20. The van der Waals surface area contributed by atoms with Crippen LogP contribution in [0.4, 0.5) is 0 Å². The van der Waals surface area contributed by atoms with Crippen LogP contribution in [0.1, 0.15) is 23.0 Å². The lowest BCUT2D eigenvalue weighted by Crippen LogP contribution is -2.35. The molecule has 2 aromatic rings. The monoisotopic (exact) mass is 329 g/mol. The number of benzene rings is 1. The number of amides is 1. The van der Waals surface area contributed by atoms with Crippen molar-refractivity contribution in [3.63, 3.8) is 0 Å². The molecule has 0 aliphatic carbocycles. The van der Waals surface area contributed by atoms with Crippen molar-refractivity contribution in [3.8, 4) is 0 Å². The molecule has 0 saturated heterocycles. The summed E-state index contributed by atoms with van der Waals surface area (Å²) in [7, 11) is 1.51. The SMILES string of the molecule is CC(CN(C)C(=O)c1ccc(=O)n(Cc2ccccc2)n1)C(=O)O. The molecular formula is C17H19N3O4. The fourth-order valence-electron chi connectivity index (χ4n) is 2.20. The zero-order chi connectivity index (χ0) is 17.7. The number of carbonyl (C=O) groups excluding carboxylic acids is 1. The summed E-state index contributed by atoms with van der Waals surface area (Å²) in [4.78, 5) is 36.5. The van der Waals surface area contributed by atoms with E-state index in [1.165, 1.54) is 35.7 Å². The van der Waals surface area contributed by atoms with Crippen LogP contribution in [0.2, 0.25) is 0 Å². The van der Waals surface area contributed by atoms with E-state index in [9.17, 15) is 14.4 Å². The molecule has 0 aliphatic heterocycles. The molecule has 7 nitrogen and oxygen atoms in total. The Bertz CT molecular complexity index is 786. The number of carboxylic acids is 1. The Morgan fingerprint density at radius 2 is 1.88 bits per heavy atom. The molecule has 1 atom stereocenters. The van der Waals surface area contributed by atoms with E-state index >= 15 is 0 Å². The van der Waals surface area contributed by atoms with E-state index in [1.807, 2.05) is 30.3 Å². The normalized spacial score (nSPS) is 11.8. The van der Waals surface area contributed by atoms with Crippen LogP contribution in [-0.4, -0.2) is 45.3 Å². The summed E-state index contributed by atoms with van der Waals surface area (Å²) in [5.41, 5.74) is 0.687. The van der Waals surface area contributed by atoms with Crippen molar-refractivity contribution in [2.24, 2.45) is 5.92 Å². The molecule has 126 valence electrons. The highest BCUT2D eigenvalue weighted by Crippen LogP contribution is 2.04. The van der Waals surface area contributed by atoms with Gasteiger partial charge in [-0.1, -0.05) is 37.3 Å². The number of aromatic nitrogens is 2. The number of rotatable bonds is 6. The average molecular weight is 329 g/mol. The molecule has 0 spiro atoms. The van der Waals surface area contributed by atoms with Crippen molar-refractivity contribution in [1.29, 1.82) is 0 Å². The lowest BCUT2D eigenvalue weighted by Gasteiger charge is -2.19. The molecule has 0 saturated carbocycles. The Labute approximate surface area is 139 Å². The van der Waals surface area contributed by atoms with Gasteiger partial charge in [0.1, 0.15) is 5.69 Å². The van der Waals surface area contributed by atoms with E-state index in [1.54, 1.807) is 0 Å². The van der Waals surface area contributed by atoms with Gasteiger partial charge in [-0.3, -0.25) is 14.4 Å². The third-order valence-corrected chi connectivity index (χ3v) is 3.58. The molecule has 7 heteroatoms.